The number of hydrogen-bond donors (Lipinski definition) is 1. The second-order valence-corrected chi connectivity index (χ2v) is 17.1. The topological polar surface area (TPSA) is 32.3 Å². The number of carbonyl (C=O) groups excluding carboxylic acids is 1. The number of thioether (sulfide) groups is 1. The minimum absolute atomic E-state index is 0.103. The van der Waals surface area contributed by atoms with Crippen LogP contribution in [0.1, 0.15) is 54.8 Å². The summed E-state index contributed by atoms with van der Waals surface area (Å²) in [5.74, 6) is -0.128. The van der Waals surface area contributed by atoms with Gasteiger partial charge in [0.2, 0.25) is 0 Å². The number of anilines is 3. The summed E-state index contributed by atoms with van der Waals surface area (Å²) < 4.78 is 0.506. The van der Waals surface area contributed by atoms with Gasteiger partial charge in [0, 0.05) is 37.6 Å². The normalized spacial score (nSPS) is 16.9. The quantitative estimate of drug-likeness (QED) is 0.143. The van der Waals surface area contributed by atoms with E-state index in [1.165, 1.54) is 56.3 Å². The second kappa shape index (κ2) is 11.4. The number of fused-ring (bicyclic) bond motifs is 6. The molecule has 9 rings (SSSR count). The Labute approximate surface area is 306 Å². The van der Waals surface area contributed by atoms with Gasteiger partial charge in [-0.25, -0.2) is 0 Å². The van der Waals surface area contributed by atoms with Gasteiger partial charge in [0.1, 0.15) is 4.32 Å². The zero-order valence-electron chi connectivity index (χ0n) is 28.2. The van der Waals surface area contributed by atoms with Crippen molar-refractivity contribution >= 4 is 68.7 Å². The lowest BCUT2D eigenvalue weighted by molar-refractivity contribution is -0.115. The Morgan fingerprint density at radius 3 is 1.68 bits per heavy atom. The highest BCUT2D eigenvalue weighted by Gasteiger charge is 2.37. The summed E-state index contributed by atoms with van der Waals surface area (Å²) in [6.07, 6.45) is 1.92. The van der Waals surface area contributed by atoms with Gasteiger partial charge in [-0.05, 0) is 105 Å². The maximum absolute atomic E-state index is 12.2. The van der Waals surface area contributed by atoms with Crippen LogP contribution < -0.4 is 10.2 Å². The van der Waals surface area contributed by atoms with Crippen molar-refractivity contribution in [2.45, 2.75) is 38.5 Å². The third kappa shape index (κ3) is 4.84. The molecule has 5 aromatic carbocycles. The lowest BCUT2D eigenvalue weighted by atomic mass is 9.82. The molecule has 50 heavy (non-hydrogen) atoms. The summed E-state index contributed by atoms with van der Waals surface area (Å²) >= 11 is 8.15. The summed E-state index contributed by atoms with van der Waals surface area (Å²) in [5.41, 5.74) is 15.0. The molecular weight excluding hydrogens is 669 g/mol. The molecule has 1 aliphatic heterocycles. The molecule has 0 bridgehead atoms. The van der Waals surface area contributed by atoms with Crippen molar-refractivity contribution in [3.05, 3.63) is 153 Å². The highest BCUT2D eigenvalue weighted by molar-refractivity contribution is 8.26. The van der Waals surface area contributed by atoms with Crippen molar-refractivity contribution in [1.82, 2.24) is 5.32 Å². The van der Waals surface area contributed by atoms with Crippen molar-refractivity contribution in [2.24, 2.45) is 0 Å². The van der Waals surface area contributed by atoms with Crippen LogP contribution in [-0.4, -0.2) is 10.2 Å². The van der Waals surface area contributed by atoms with Crippen LogP contribution in [0.5, 0.6) is 0 Å². The number of carbonyl (C=O) groups is 1. The first-order valence-corrected chi connectivity index (χ1v) is 18.9. The molecule has 6 aromatic rings. The lowest BCUT2D eigenvalue weighted by Crippen LogP contribution is -2.18. The molecule has 1 saturated heterocycles. The number of hydrogen-bond acceptors (Lipinski definition) is 5. The Morgan fingerprint density at radius 2 is 1.14 bits per heavy atom. The highest BCUT2D eigenvalue weighted by atomic mass is 32.2. The summed E-state index contributed by atoms with van der Waals surface area (Å²) in [5, 5.41) is 2.70. The molecule has 1 amide bonds. The molecule has 1 aromatic heterocycles. The molecule has 0 saturated carbocycles. The number of nitrogens with one attached hydrogen (secondary N) is 1. The van der Waals surface area contributed by atoms with E-state index in [2.05, 4.69) is 159 Å². The molecule has 6 heteroatoms. The number of amides is 1. The lowest BCUT2D eigenvalue weighted by Gasteiger charge is -2.30. The smallest absolute Gasteiger partial charge is 0.263 e. The molecule has 0 radical (unpaired) electrons. The number of thiocarbonyl (C=S) groups is 1. The minimum atomic E-state index is -0.128. The van der Waals surface area contributed by atoms with Gasteiger partial charge in [0.25, 0.3) is 5.91 Å². The van der Waals surface area contributed by atoms with Crippen LogP contribution in [0.3, 0.4) is 0 Å². The molecular formula is C44H34N2OS3. The Kier molecular flexibility index (Phi) is 7.12. The maximum atomic E-state index is 12.2. The first-order chi connectivity index (χ1) is 24.1. The van der Waals surface area contributed by atoms with Crippen LogP contribution in [-0.2, 0) is 15.6 Å². The molecule has 0 atom stereocenters. The monoisotopic (exact) mass is 702 g/mol. The average molecular weight is 703 g/mol. The Hall–Kier alpha value is -4.75. The van der Waals surface area contributed by atoms with E-state index < -0.39 is 0 Å². The van der Waals surface area contributed by atoms with Crippen molar-refractivity contribution in [2.75, 3.05) is 4.90 Å². The van der Waals surface area contributed by atoms with Crippen LogP contribution in [0.2, 0.25) is 0 Å². The molecule has 1 fully saturated rings. The van der Waals surface area contributed by atoms with Gasteiger partial charge in [-0.2, -0.15) is 0 Å². The predicted molar refractivity (Wildman–Crippen MR) is 216 cm³/mol. The van der Waals surface area contributed by atoms with Crippen LogP contribution in [0, 0.1) is 0 Å². The van der Waals surface area contributed by atoms with Gasteiger partial charge in [-0.1, -0.05) is 124 Å². The van der Waals surface area contributed by atoms with Gasteiger partial charge in [0.05, 0.1) is 4.91 Å². The summed E-state index contributed by atoms with van der Waals surface area (Å²) in [6.45, 7) is 9.36. The van der Waals surface area contributed by atoms with E-state index in [9.17, 15) is 4.79 Å². The second-order valence-electron chi connectivity index (χ2n) is 14.2. The Morgan fingerprint density at radius 1 is 0.620 bits per heavy atom. The minimum Gasteiger partial charge on any atom is -0.310 e. The number of thiophene rings is 1. The summed E-state index contributed by atoms with van der Waals surface area (Å²) in [6, 6.07) is 44.7. The van der Waals surface area contributed by atoms with E-state index in [0.717, 1.165) is 32.4 Å². The standard InChI is InChI=1S/C44H34N2OS3/c1-43(2)35-11-7-5-9-31(35)33-20-17-28(23-37(33)43)46(29-18-21-34-32-10-6-8-12-36(32)44(3,4)38(34)24-29)27-15-13-26(14-16-27)39-22-19-30(49-39)25-40-41(47)45-42(48)50-40/h5-25H,1-4H3,(H,45,47,48)/b40-25-. The Bertz CT molecular complexity index is 2330. The van der Waals surface area contributed by atoms with Gasteiger partial charge in [-0.3, -0.25) is 4.79 Å². The van der Waals surface area contributed by atoms with Crippen LogP contribution in [0.15, 0.2) is 126 Å². The maximum Gasteiger partial charge on any atom is 0.263 e. The zero-order chi connectivity index (χ0) is 34.4. The highest BCUT2D eigenvalue weighted by Crippen LogP contribution is 2.53. The van der Waals surface area contributed by atoms with Gasteiger partial charge < -0.3 is 10.2 Å². The molecule has 3 aliphatic rings. The third-order valence-electron chi connectivity index (χ3n) is 10.6. The molecule has 244 valence electrons. The number of benzene rings is 5. The van der Waals surface area contributed by atoms with Crippen molar-refractivity contribution in [1.29, 1.82) is 0 Å². The summed E-state index contributed by atoms with van der Waals surface area (Å²) in [4.78, 5) is 17.4. The van der Waals surface area contributed by atoms with E-state index in [4.69, 9.17) is 12.2 Å². The van der Waals surface area contributed by atoms with Gasteiger partial charge in [-0.15, -0.1) is 11.3 Å². The van der Waals surface area contributed by atoms with Crippen LogP contribution in [0.25, 0.3) is 38.8 Å². The molecule has 0 spiro atoms. The van der Waals surface area contributed by atoms with E-state index in [1.807, 2.05) is 6.08 Å². The fourth-order valence-corrected chi connectivity index (χ4v) is 10.1. The van der Waals surface area contributed by atoms with E-state index >= 15 is 0 Å². The first-order valence-electron chi connectivity index (χ1n) is 16.8. The first kappa shape index (κ1) is 31.2. The SMILES string of the molecule is CC1(C)c2ccccc2-c2ccc(N(c3ccc(-c4ccc(/C=C5\SC(=S)NC5=O)s4)cc3)c3ccc4c(c3)C(C)(C)c3ccccc3-4)cc21. The third-order valence-corrected chi connectivity index (χ3v) is 12.8. The van der Waals surface area contributed by atoms with Crippen molar-refractivity contribution in [3.63, 3.8) is 0 Å². The molecule has 3 nitrogen and oxygen atoms in total. The van der Waals surface area contributed by atoms with E-state index in [-0.39, 0.29) is 16.7 Å². The number of nitrogens with zero attached hydrogens (tertiary/aromatic N) is 1. The summed E-state index contributed by atoms with van der Waals surface area (Å²) in [7, 11) is 0. The van der Waals surface area contributed by atoms with Crippen LogP contribution in [0.4, 0.5) is 17.1 Å². The van der Waals surface area contributed by atoms with Gasteiger partial charge in [0.15, 0.2) is 0 Å². The van der Waals surface area contributed by atoms with Gasteiger partial charge >= 0.3 is 0 Å². The van der Waals surface area contributed by atoms with E-state index in [1.54, 1.807) is 11.3 Å². The zero-order valence-corrected chi connectivity index (χ0v) is 30.7. The fraction of sp³-hybridized carbons (Fsp3) is 0.136. The molecule has 2 aliphatic carbocycles. The van der Waals surface area contributed by atoms with Crippen molar-refractivity contribution < 1.29 is 4.79 Å². The number of rotatable bonds is 5. The largest absolute Gasteiger partial charge is 0.310 e. The van der Waals surface area contributed by atoms with Crippen LogP contribution >= 0.6 is 35.3 Å². The Balaban J connectivity index is 1.14. The molecule has 2 heterocycles. The van der Waals surface area contributed by atoms with E-state index in [0.29, 0.717) is 9.23 Å². The molecule has 1 N–H and O–H groups in total. The molecule has 0 unspecified atom stereocenters. The predicted octanol–water partition coefficient (Wildman–Crippen LogP) is 12.0. The van der Waals surface area contributed by atoms with Crippen molar-refractivity contribution in [3.8, 4) is 32.7 Å². The average Bonchev–Trinajstić information content (AvgIpc) is 3.83. The fourth-order valence-electron chi connectivity index (χ4n) is 8.02.